The molecule has 0 fully saturated rings. The summed E-state index contributed by atoms with van der Waals surface area (Å²) in [5, 5.41) is 8.51. The number of hydrogen-bond donors (Lipinski definition) is 0. The molecular weight excluding hydrogens is 423 g/mol. The first kappa shape index (κ1) is 19.2. The predicted molar refractivity (Wildman–Crippen MR) is 106 cm³/mol. The van der Waals surface area contributed by atoms with E-state index in [1.165, 1.54) is 30.3 Å². The van der Waals surface area contributed by atoms with Crippen LogP contribution in [0.25, 0.3) is 22.6 Å². The predicted octanol–water partition coefficient (Wildman–Crippen LogP) is 1.85. The Balaban J connectivity index is 1.77. The number of aromatic nitrogens is 6. The Morgan fingerprint density at radius 1 is 1.14 bits per heavy atom. The Morgan fingerprint density at radius 3 is 2.62 bits per heavy atom. The van der Waals surface area contributed by atoms with Crippen LogP contribution in [0.4, 0.5) is 0 Å². The van der Waals surface area contributed by atoms with E-state index in [9.17, 15) is 9.59 Å². The maximum atomic E-state index is 12.6. The molecule has 29 heavy (non-hydrogen) atoms. The molecule has 12 heteroatoms. The van der Waals surface area contributed by atoms with E-state index in [0.717, 1.165) is 4.57 Å². The quantitative estimate of drug-likeness (QED) is 0.448. The van der Waals surface area contributed by atoms with Crippen molar-refractivity contribution in [2.24, 2.45) is 14.1 Å². The summed E-state index contributed by atoms with van der Waals surface area (Å²) in [6.07, 6.45) is 0. The fourth-order valence-corrected chi connectivity index (χ4v) is 3.35. The van der Waals surface area contributed by atoms with Gasteiger partial charge in [0, 0.05) is 19.7 Å². The van der Waals surface area contributed by atoms with Gasteiger partial charge in [-0.2, -0.15) is 4.98 Å². The normalized spacial score (nSPS) is 11.3. The minimum atomic E-state index is -0.523. The second-order valence-corrected chi connectivity index (χ2v) is 6.94. The van der Waals surface area contributed by atoms with Crippen LogP contribution in [0.3, 0.4) is 0 Å². The lowest BCUT2D eigenvalue weighted by atomic mass is 10.2. The number of methoxy groups -OCH3 is 1. The van der Waals surface area contributed by atoms with Crippen LogP contribution in [0.1, 0.15) is 5.89 Å². The standard InChI is InChI=1S/C17H14Cl2N6O4/c1-23-13-12(15(26)24(2)17(23)27)25(16(19)20-13)7-11-21-22-14(29-11)8-4-5-9(18)10(6-8)28-3/h4-6H,7H2,1-3H3. The maximum Gasteiger partial charge on any atom is 0.332 e. The lowest BCUT2D eigenvalue weighted by Gasteiger charge is -2.05. The molecule has 0 bridgehead atoms. The third-order valence-electron chi connectivity index (χ3n) is 4.46. The molecule has 0 aliphatic heterocycles. The van der Waals surface area contributed by atoms with Crippen molar-refractivity contribution in [2.75, 3.05) is 7.11 Å². The second-order valence-electron chi connectivity index (χ2n) is 6.20. The number of nitrogens with zero attached hydrogens (tertiary/aromatic N) is 6. The molecule has 10 nitrogen and oxygen atoms in total. The Kier molecular flexibility index (Phi) is 4.67. The van der Waals surface area contributed by atoms with Crippen molar-refractivity contribution in [3.8, 4) is 17.2 Å². The molecule has 1 aromatic carbocycles. The molecule has 0 radical (unpaired) electrons. The molecule has 0 aliphatic rings. The van der Waals surface area contributed by atoms with Gasteiger partial charge in [0.2, 0.25) is 17.1 Å². The topological polar surface area (TPSA) is 110 Å². The van der Waals surface area contributed by atoms with Crippen LogP contribution in [0.5, 0.6) is 5.75 Å². The zero-order valence-corrected chi connectivity index (χ0v) is 17.0. The molecule has 0 amide bonds. The van der Waals surface area contributed by atoms with Gasteiger partial charge >= 0.3 is 5.69 Å². The highest BCUT2D eigenvalue weighted by Gasteiger charge is 2.20. The van der Waals surface area contributed by atoms with Gasteiger partial charge in [-0.1, -0.05) is 11.6 Å². The first-order valence-electron chi connectivity index (χ1n) is 8.30. The molecule has 0 saturated carbocycles. The fraction of sp³-hybridized carbons (Fsp3) is 0.235. The van der Waals surface area contributed by atoms with E-state index >= 15 is 0 Å². The van der Waals surface area contributed by atoms with Gasteiger partial charge < -0.3 is 9.15 Å². The average Bonchev–Trinajstić information content (AvgIpc) is 3.30. The monoisotopic (exact) mass is 436 g/mol. The second kappa shape index (κ2) is 7.05. The van der Waals surface area contributed by atoms with E-state index in [1.807, 2.05) is 0 Å². The SMILES string of the molecule is COc1cc(-c2nnc(Cn3c(Cl)nc4c3c(=O)n(C)c(=O)n4C)o2)ccc1Cl. The molecule has 0 saturated heterocycles. The highest BCUT2D eigenvalue weighted by molar-refractivity contribution is 6.32. The zero-order valence-electron chi connectivity index (χ0n) is 15.5. The smallest absolute Gasteiger partial charge is 0.332 e. The summed E-state index contributed by atoms with van der Waals surface area (Å²) < 4.78 is 14.5. The molecule has 0 aliphatic carbocycles. The summed E-state index contributed by atoms with van der Waals surface area (Å²) in [4.78, 5) is 28.8. The first-order chi connectivity index (χ1) is 13.8. The van der Waals surface area contributed by atoms with E-state index in [1.54, 1.807) is 18.2 Å². The number of benzene rings is 1. The molecule has 4 aromatic rings. The number of aryl methyl sites for hydroxylation is 1. The highest BCUT2D eigenvalue weighted by Crippen LogP contribution is 2.30. The van der Waals surface area contributed by atoms with Gasteiger partial charge in [-0.3, -0.25) is 18.5 Å². The van der Waals surface area contributed by atoms with Gasteiger partial charge in [-0.05, 0) is 29.8 Å². The third-order valence-corrected chi connectivity index (χ3v) is 5.06. The van der Waals surface area contributed by atoms with Crippen LogP contribution in [0.15, 0.2) is 32.2 Å². The summed E-state index contributed by atoms with van der Waals surface area (Å²) in [7, 11) is 4.40. The van der Waals surface area contributed by atoms with Crippen molar-refractivity contribution in [1.82, 2.24) is 28.9 Å². The molecular formula is C17H14Cl2N6O4. The highest BCUT2D eigenvalue weighted by atomic mass is 35.5. The Morgan fingerprint density at radius 2 is 1.90 bits per heavy atom. The number of hydrogen-bond acceptors (Lipinski definition) is 7. The van der Waals surface area contributed by atoms with Crippen LogP contribution < -0.4 is 16.0 Å². The van der Waals surface area contributed by atoms with Gasteiger partial charge in [0.15, 0.2) is 11.2 Å². The molecule has 0 spiro atoms. The summed E-state index contributed by atoms with van der Waals surface area (Å²) in [6, 6.07) is 5.04. The summed E-state index contributed by atoms with van der Waals surface area (Å²) in [6.45, 7) is 0.000498. The van der Waals surface area contributed by atoms with E-state index in [4.69, 9.17) is 32.4 Å². The fourth-order valence-electron chi connectivity index (χ4n) is 2.93. The average molecular weight is 437 g/mol. The van der Waals surface area contributed by atoms with E-state index < -0.39 is 11.2 Å². The molecule has 3 aromatic heterocycles. The number of ether oxygens (including phenoxy) is 1. The van der Waals surface area contributed by atoms with Crippen LogP contribution in [-0.4, -0.2) is 36.0 Å². The third kappa shape index (κ3) is 3.10. The minimum Gasteiger partial charge on any atom is -0.495 e. The lowest BCUT2D eigenvalue weighted by molar-refractivity contribution is 0.415. The largest absolute Gasteiger partial charge is 0.495 e. The van der Waals surface area contributed by atoms with Gasteiger partial charge in [-0.15, -0.1) is 10.2 Å². The van der Waals surface area contributed by atoms with Crippen LogP contribution in [0, 0.1) is 0 Å². The Hall–Kier alpha value is -3.11. The number of imidazole rings is 1. The van der Waals surface area contributed by atoms with Crippen molar-refractivity contribution in [2.45, 2.75) is 6.54 Å². The Labute approximate surface area is 172 Å². The van der Waals surface area contributed by atoms with Crippen LogP contribution >= 0.6 is 23.2 Å². The van der Waals surface area contributed by atoms with Crippen LogP contribution in [0.2, 0.25) is 10.3 Å². The van der Waals surface area contributed by atoms with Crippen LogP contribution in [-0.2, 0) is 20.6 Å². The van der Waals surface area contributed by atoms with Crippen molar-refractivity contribution in [3.63, 3.8) is 0 Å². The Bertz CT molecular complexity index is 1370. The van der Waals surface area contributed by atoms with Crippen molar-refractivity contribution in [3.05, 3.63) is 55.2 Å². The molecule has 4 rings (SSSR count). The molecule has 150 valence electrons. The van der Waals surface area contributed by atoms with E-state index in [0.29, 0.717) is 16.3 Å². The zero-order chi connectivity index (χ0) is 20.9. The summed E-state index contributed by atoms with van der Waals surface area (Å²) in [5.41, 5.74) is -0.0760. The number of rotatable bonds is 4. The molecule has 0 unspecified atom stereocenters. The summed E-state index contributed by atoms with van der Waals surface area (Å²) >= 11 is 12.3. The van der Waals surface area contributed by atoms with Gasteiger partial charge in [0.1, 0.15) is 12.3 Å². The van der Waals surface area contributed by atoms with Crippen molar-refractivity contribution < 1.29 is 9.15 Å². The number of halogens is 2. The van der Waals surface area contributed by atoms with Crippen molar-refractivity contribution >= 4 is 34.4 Å². The van der Waals surface area contributed by atoms with Gasteiger partial charge in [-0.25, -0.2) is 4.79 Å². The van der Waals surface area contributed by atoms with Gasteiger partial charge in [0.05, 0.1) is 12.1 Å². The lowest BCUT2D eigenvalue weighted by Crippen LogP contribution is -2.37. The summed E-state index contributed by atoms with van der Waals surface area (Å²) in [5.74, 6) is 0.916. The molecule has 0 N–H and O–H groups in total. The van der Waals surface area contributed by atoms with E-state index in [2.05, 4.69) is 15.2 Å². The molecule has 0 atom stereocenters. The van der Waals surface area contributed by atoms with Crippen molar-refractivity contribution in [1.29, 1.82) is 0 Å². The minimum absolute atomic E-state index is 0.000498. The van der Waals surface area contributed by atoms with Gasteiger partial charge in [0.25, 0.3) is 5.56 Å². The molecule has 3 heterocycles. The van der Waals surface area contributed by atoms with E-state index in [-0.39, 0.29) is 34.8 Å². The first-order valence-corrected chi connectivity index (χ1v) is 9.05. The maximum absolute atomic E-state index is 12.6. The number of fused-ring (bicyclic) bond motifs is 1.